The normalized spacial score (nSPS) is 18.8. The van der Waals surface area contributed by atoms with Crippen molar-refractivity contribution in [3.05, 3.63) is 24.3 Å². The van der Waals surface area contributed by atoms with Gasteiger partial charge in [0.25, 0.3) is 0 Å². The second-order valence-corrected chi connectivity index (χ2v) is 7.14. The maximum Gasteiger partial charge on any atom is 0.242 e. The van der Waals surface area contributed by atoms with Crippen LogP contribution in [0.15, 0.2) is 29.2 Å². The van der Waals surface area contributed by atoms with Gasteiger partial charge in [-0.05, 0) is 44.4 Å². The van der Waals surface area contributed by atoms with Crippen LogP contribution in [0.4, 0.5) is 5.69 Å². The molecule has 21 heavy (non-hydrogen) atoms. The monoisotopic (exact) mass is 311 g/mol. The third kappa shape index (κ3) is 4.69. The average Bonchev–Trinajstić information content (AvgIpc) is 2.99. The van der Waals surface area contributed by atoms with Gasteiger partial charge < -0.3 is 10.6 Å². The van der Waals surface area contributed by atoms with Crippen molar-refractivity contribution < 1.29 is 8.42 Å². The first-order valence-corrected chi connectivity index (χ1v) is 9.18. The molecule has 0 radical (unpaired) electrons. The topological polar surface area (TPSA) is 70.2 Å². The molecule has 1 aliphatic heterocycles. The third-order valence-corrected chi connectivity index (χ3v) is 5.21. The second kappa shape index (κ2) is 7.77. The average molecular weight is 311 g/mol. The van der Waals surface area contributed by atoms with E-state index >= 15 is 0 Å². The van der Waals surface area contributed by atoms with Crippen molar-refractivity contribution in [2.45, 2.75) is 43.5 Å². The summed E-state index contributed by atoms with van der Waals surface area (Å²) in [6.45, 7) is 4.28. The van der Waals surface area contributed by atoms with E-state index in [9.17, 15) is 8.42 Å². The maximum absolute atomic E-state index is 12.3. The maximum atomic E-state index is 12.3. The molecule has 1 atom stereocenters. The number of sulfonamides is 1. The Morgan fingerprint density at radius 1 is 1.29 bits per heavy atom. The lowest BCUT2D eigenvalue weighted by Gasteiger charge is -2.15. The number of para-hydroxylation sites is 1. The van der Waals surface area contributed by atoms with Gasteiger partial charge in [0.05, 0.1) is 5.69 Å². The van der Waals surface area contributed by atoms with E-state index < -0.39 is 10.0 Å². The Morgan fingerprint density at radius 3 is 2.81 bits per heavy atom. The Balaban J connectivity index is 1.99. The van der Waals surface area contributed by atoms with Gasteiger partial charge in [-0.2, -0.15) is 0 Å². The van der Waals surface area contributed by atoms with Gasteiger partial charge in [0.15, 0.2) is 0 Å². The number of nitrogens with one attached hydrogen (secondary N) is 3. The molecule has 1 saturated heterocycles. The molecule has 2 rings (SSSR count). The van der Waals surface area contributed by atoms with Gasteiger partial charge in [0.1, 0.15) is 4.90 Å². The fourth-order valence-electron chi connectivity index (χ4n) is 2.55. The molecule has 1 heterocycles. The molecule has 6 heteroatoms. The number of anilines is 1. The molecule has 1 aromatic carbocycles. The predicted octanol–water partition coefficient (Wildman–Crippen LogP) is 1.93. The zero-order valence-corrected chi connectivity index (χ0v) is 13.4. The second-order valence-electron chi connectivity index (χ2n) is 5.40. The van der Waals surface area contributed by atoms with Gasteiger partial charge in [-0.25, -0.2) is 13.1 Å². The molecule has 5 nitrogen and oxygen atoms in total. The molecule has 0 bridgehead atoms. The molecule has 3 N–H and O–H groups in total. The standard InChI is InChI=1S/C15H25N3O2S/c1-2-10-18-21(19,20)15-8-4-3-7-14(15)17-12-9-13-6-5-11-16-13/h3-4,7-8,13,16-18H,2,5-6,9-12H2,1H3/t13-/m1/s1. The van der Waals surface area contributed by atoms with Crippen molar-refractivity contribution in [3.8, 4) is 0 Å². The summed E-state index contributed by atoms with van der Waals surface area (Å²) in [6, 6.07) is 7.63. The van der Waals surface area contributed by atoms with Crippen LogP contribution in [0.1, 0.15) is 32.6 Å². The first-order chi connectivity index (χ1) is 10.1. The summed E-state index contributed by atoms with van der Waals surface area (Å²) in [7, 11) is -3.43. The summed E-state index contributed by atoms with van der Waals surface area (Å²) in [6.07, 6.45) is 4.23. The highest BCUT2D eigenvalue weighted by Gasteiger charge is 2.18. The molecule has 1 aromatic rings. The van der Waals surface area contributed by atoms with Crippen LogP contribution in [0, 0.1) is 0 Å². The Kier molecular flexibility index (Phi) is 6.02. The van der Waals surface area contributed by atoms with Gasteiger partial charge in [-0.15, -0.1) is 0 Å². The van der Waals surface area contributed by atoms with E-state index in [0.717, 1.165) is 25.9 Å². The molecule has 0 amide bonds. The van der Waals surface area contributed by atoms with Gasteiger partial charge in [-0.3, -0.25) is 0 Å². The third-order valence-electron chi connectivity index (χ3n) is 3.69. The van der Waals surface area contributed by atoms with Crippen LogP contribution >= 0.6 is 0 Å². The van der Waals surface area contributed by atoms with Gasteiger partial charge in [0.2, 0.25) is 10.0 Å². The number of benzene rings is 1. The summed E-state index contributed by atoms with van der Waals surface area (Å²) < 4.78 is 27.2. The molecule has 0 spiro atoms. The molecule has 0 aromatic heterocycles. The largest absolute Gasteiger partial charge is 0.384 e. The van der Waals surface area contributed by atoms with E-state index in [1.807, 2.05) is 19.1 Å². The predicted molar refractivity (Wildman–Crippen MR) is 86.1 cm³/mol. The fourth-order valence-corrected chi connectivity index (χ4v) is 3.86. The van der Waals surface area contributed by atoms with Crippen molar-refractivity contribution in [1.29, 1.82) is 0 Å². The van der Waals surface area contributed by atoms with E-state index in [1.165, 1.54) is 12.8 Å². The van der Waals surface area contributed by atoms with Gasteiger partial charge in [-0.1, -0.05) is 19.1 Å². The van der Waals surface area contributed by atoms with E-state index in [-0.39, 0.29) is 0 Å². The summed E-state index contributed by atoms with van der Waals surface area (Å²) in [5.74, 6) is 0. The first kappa shape index (κ1) is 16.3. The first-order valence-electron chi connectivity index (χ1n) is 7.69. The van der Waals surface area contributed by atoms with Crippen molar-refractivity contribution in [2.24, 2.45) is 0 Å². The zero-order chi connectivity index (χ0) is 15.1. The lowest BCUT2D eigenvalue weighted by molar-refractivity contribution is 0.573. The van der Waals surface area contributed by atoms with Crippen LogP contribution in [0.5, 0.6) is 0 Å². The minimum Gasteiger partial charge on any atom is -0.384 e. The molecular formula is C15H25N3O2S. The molecule has 0 aliphatic carbocycles. The van der Waals surface area contributed by atoms with Crippen molar-refractivity contribution in [2.75, 3.05) is 25.0 Å². The summed E-state index contributed by atoms with van der Waals surface area (Å²) in [5.41, 5.74) is 0.680. The Bertz CT molecular complexity index is 540. The molecule has 118 valence electrons. The zero-order valence-electron chi connectivity index (χ0n) is 12.6. The Hall–Kier alpha value is -1.11. The molecular weight excluding hydrogens is 286 g/mol. The highest BCUT2D eigenvalue weighted by atomic mass is 32.2. The summed E-state index contributed by atoms with van der Waals surface area (Å²) in [4.78, 5) is 0.331. The van der Waals surface area contributed by atoms with E-state index in [4.69, 9.17) is 0 Å². The Labute approximate surface area is 127 Å². The van der Waals surface area contributed by atoms with Crippen LogP contribution in [-0.2, 0) is 10.0 Å². The van der Waals surface area contributed by atoms with E-state index in [0.29, 0.717) is 23.2 Å². The SMILES string of the molecule is CCCNS(=O)(=O)c1ccccc1NCC[C@H]1CCCN1. The lowest BCUT2D eigenvalue weighted by Crippen LogP contribution is -2.26. The van der Waals surface area contributed by atoms with Crippen molar-refractivity contribution >= 4 is 15.7 Å². The lowest BCUT2D eigenvalue weighted by atomic mass is 10.1. The van der Waals surface area contributed by atoms with Crippen LogP contribution in [0.3, 0.4) is 0 Å². The van der Waals surface area contributed by atoms with Gasteiger partial charge in [0, 0.05) is 19.1 Å². The Morgan fingerprint density at radius 2 is 2.10 bits per heavy atom. The van der Waals surface area contributed by atoms with Crippen molar-refractivity contribution in [3.63, 3.8) is 0 Å². The number of hydrogen-bond donors (Lipinski definition) is 3. The quantitative estimate of drug-likeness (QED) is 0.686. The molecule has 0 unspecified atom stereocenters. The molecule has 1 aliphatic rings. The van der Waals surface area contributed by atoms with Crippen LogP contribution in [0.2, 0.25) is 0 Å². The minimum absolute atomic E-state index is 0.331. The van der Waals surface area contributed by atoms with Crippen molar-refractivity contribution in [1.82, 2.24) is 10.0 Å². The van der Waals surface area contributed by atoms with Crippen LogP contribution in [-0.4, -0.2) is 34.1 Å². The van der Waals surface area contributed by atoms with Crippen LogP contribution in [0.25, 0.3) is 0 Å². The number of hydrogen-bond acceptors (Lipinski definition) is 4. The van der Waals surface area contributed by atoms with Gasteiger partial charge >= 0.3 is 0 Å². The van der Waals surface area contributed by atoms with E-state index in [1.54, 1.807) is 12.1 Å². The molecule has 1 fully saturated rings. The van der Waals surface area contributed by atoms with Crippen LogP contribution < -0.4 is 15.4 Å². The summed E-state index contributed by atoms with van der Waals surface area (Å²) in [5, 5.41) is 6.71. The number of rotatable bonds is 8. The molecule has 0 saturated carbocycles. The summed E-state index contributed by atoms with van der Waals surface area (Å²) >= 11 is 0. The van der Waals surface area contributed by atoms with E-state index in [2.05, 4.69) is 15.4 Å². The highest BCUT2D eigenvalue weighted by Crippen LogP contribution is 2.21. The smallest absolute Gasteiger partial charge is 0.242 e. The minimum atomic E-state index is -3.43. The fraction of sp³-hybridized carbons (Fsp3) is 0.600. The highest BCUT2D eigenvalue weighted by molar-refractivity contribution is 7.89.